The Morgan fingerprint density at radius 2 is 1.65 bits per heavy atom. The van der Waals surface area contributed by atoms with Crippen LogP contribution in [0.15, 0.2) is 23.6 Å². The van der Waals surface area contributed by atoms with Crippen molar-refractivity contribution in [1.29, 1.82) is 0 Å². The van der Waals surface area contributed by atoms with Gasteiger partial charge in [0.1, 0.15) is 0 Å². The summed E-state index contributed by atoms with van der Waals surface area (Å²) in [5.74, 6) is 0. The molecule has 0 saturated carbocycles. The van der Waals surface area contributed by atoms with Gasteiger partial charge in [-0.25, -0.2) is 0 Å². The molecule has 0 aliphatic heterocycles. The Bertz CT molecular complexity index is 800. The van der Waals surface area contributed by atoms with E-state index in [1.54, 1.807) is 23.5 Å². The third kappa shape index (κ3) is 2.31. The molecule has 3 aromatic rings. The smallest absolute Gasteiger partial charge is 0.0895 e. The van der Waals surface area contributed by atoms with Crippen LogP contribution in [0.5, 0.6) is 0 Å². The Kier molecular flexibility index (Phi) is 3.67. The summed E-state index contributed by atoms with van der Waals surface area (Å²) in [4.78, 5) is 4.64. The number of pyridine rings is 1. The van der Waals surface area contributed by atoms with Gasteiger partial charge in [-0.3, -0.25) is 4.98 Å². The molecule has 0 saturated heterocycles. The highest BCUT2D eigenvalue weighted by atomic mass is 35.5. The van der Waals surface area contributed by atoms with E-state index < -0.39 is 0 Å². The minimum atomic E-state index is 0.531. The van der Waals surface area contributed by atoms with E-state index in [1.165, 1.54) is 5.56 Å². The van der Waals surface area contributed by atoms with Gasteiger partial charge in [-0.15, -0.1) is 11.3 Å². The lowest BCUT2D eigenvalue weighted by atomic mass is 10.1. The lowest BCUT2D eigenvalue weighted by Crippen LogP contribution is -1.87. The van der Waals surface area contributed by atoms with E-state index in [9.17, 15) is 0 Å². The lowest BCUT2D eigenvalue weighted by Gasteiger charge is -2.07. The second kappa shape index (κ2) is 5.19. The molecule has 0 aliphatic rings. The number of aryl methyl sites for hydroxylation is 2. The zero-order valence-corrected chi connectivity index (χ0v) is 13.9. The van der Waals surface area contributed by atoms with Gasteiger partial charge in [-0.2, -0.15) is 0 Å². The normalized spacial score (nSPS) is 11.2. The van der Waals surface area contributed by atoms with Crippen LogP contribution < -0.4 is 0 Å². The number of halogens is 3. The fraction of sp³-hybridized carbons (Fsp3) is 0.133. The summed E-state index contributed by atoms with van der Waals surface area (Å²) in [5.41, 5.74) is 4.89. The maximum atomic E-state index is 6.31. The van der Waals surface area contributed by atoms with E-state index in [4.69, 9.17) is 34.8 Å². The standard InChI is InChI=1S/C15H10Cl3NS/c1-7-3-8(2)19-14-10(6-20-15(7)14)13-11(17)4-9(16)5-12(13)18/h3-6H,1-2H3. The average molecular weight is 343 g/mol. The number of benzene rings is 1. The summed E-state index contributed by atoms with van der Waals surface area (Å²) < 4.78 is 1.16. The molecule has 102 valence electrons. The Morgan fingerprint density at radius 1 is 1.00 bits per heavy atom. The van der Waals surface area contributed by atoms with Gasteiger partial charge in [0.15, 0.2) is 0 Å². The third-order valence-corrected chi connectivity index (χ3v) is 5.03. The number of thiophene rings is 1. The van der Waals surface area contributed by atoms with Crippen molar-refractivity contribution in [2.24, 2.45) is 0 Å². The highest BCUT2D eigenvalue weighted by Crippen LogP contribution is 2.42. The van der Waals surface area contributed by atoms with Crippen molar-refractivity contribution in [2.45, 2.75) is 13.8 Å². The first-order valence-corrected chi connectivity index (χ1v) is 7.99. The summed E-state index contributed by atoms with van der Waals surface area (Å²) in [6.07, 6.45) is 0. The highest BCUT2D eigenvalue weighted by Gasteiger charge is 2.16. The summed E-state index contributed by atoms with van der Waals surface area (Å²) >= 11 is 20.3. The molecule has 0 unspecified atom stereocenters. The average Bonchev–Trinajstić information content (AvgIpc) is 2.72. The minimum Gasteiger partial charge on any atom is -0.252 e. The summed E-state index contributed by atoms with van der Waals surface area (Å²) in [6, 6.07) is 5.49. The predicted molar refractivity (Wildman–Crippen MR) is 89.6 cm³/mol. The summed E-state index contributed by atoms with van der Waals surface area (Å²) in [7, 11) is 0. The molecular weight excluding hydrogens is 333 g/mol. The van der Waals surface area contributed by atoms with Crippen LogP contribution in [-0.2, 0) is 0 Å². The molecule has 0 amide bonds. The monoisotopic (exact) mass is 341 g/mol. The molecule has 0 fully saturated rings. The molecule has 5 heteroatoms. The van der Waals surface area contributed by atoms with Crippen LogP contribution in [0.25, 0.3) is 21.3 Å². The third-order valence-electron chi connectivity index (χ3n) is 3.11. The summed E-state index contributed by atoms with van der Waals surface area (Å²) in [6.45, 7) is 4.07. The van der Waals surface area contributed by atoms with Gasteiger partial charge in [0.2, 0.25) is 0 Å². The Hall–Kier alpha value is -0.800. The molecule has 1 nitrogen and oxygen atoms in total. The van der Waals surface area contributed by atoms with E-state index in [1.807, 2.05) is 12.3 Å². The largest absolute Gasteiger partial charge is 0.252 e. The topological polar surface area (TPSA) is 12.9 Å². The van der Waals surface area contributed by atoms with E-state index in [0.29, 0.717) is 15.1 Å². The maximum absolute atomic E-state index is 6.31. The van der Waals surface area contributed by atoms with Gasteiger partial charge < -0.3 is 0 Å². The van der Waals surface area contributed by atoms with E-state index >= 15 is 0 Å². The fourth-order valence-corrected chi connectivity index (χ4v) is 4.30. The van der Waals surface area contributed by atoms with E-state index in [-0.39, 0.29) is 0 Å². The Labute approximate surface area is 136 Å². The first-order chi connectivity index (χ1) is 9.47. The number of aromatic nitrogens is 1. The van der Waals surface area contributed by atoms with Crippen molar-refractivity contribution >= 4 is 56.4 Å². The van der Waals surface area contributed by atoms with Crippen LogP contribution in [0.3, 0.4) is 0 Å². The van der Waals surface area contributed by atoms with Gasteiger partial charge >= 0.3 is 0 Å². The van der Waals surface area contributed by atoms with Gasteiger partial charge in [0.25, 0.3) is 0 Å². The molecule has 0 atom stereocenters. The number of hydrogen-bond acceptors (Lipinski definition) is 2. The number of rotatable bonds is 1. The zero-order valence-electron chi connectivity index (χ0n) is 10.8. The van der Waals surface area contributed by atoms with Crippen LogP contribution in [-0.4, -0.2) is 4.98 Å². The van der Waals surface area contributed by atoms with Crippen LogP contribution in [0.1, 0.15) is 11.3 Å². The molecule has 0 N–H and O–H groups in total. The lowest BCUT2D eigenvalue weighted by molar-refractivity contribution is 1.24. The van der Waals surface area contributed by atoms with E-state index in [0.717, 1.165) is 27.0 Å². The molecule has 20 heavy (non-hydrogen) atoms. The Morgan fingerprint density at radius 3 is 2.30 bits per heavy atom. The van der Waals surface area contributed by atoms with E-state index in [2.05, 4.69) is 18.0 Å². The Balaban J connectivity index is 2.36. The molecule has 2 heterocycles. The highest BCUT2D eigenvalue weighted by molar-refractivity contribution is 7.18. The molecule has 0 bridgehead atoms. The van der Waals surface area contributed by atoms with Gasteiger partial charge in [0.05, 0.1) is 20.3 Å². The molecule has 0 aliphatic carbocycles. The SMILES string of the molecule is Cc1cc(C)c2scc(-c3c(Cl)cc(Cl)cc3Cl)c2n1. The first kappa shape index (κ1) is 14.2. The van der Waals surface area contributed by atoms with Crippen LogP contribution >= 0.6 is 46.1 Å². The second-order valence-corrected chi connectivity index (χ2v) is 6.78. The minimum absolute atomic E-state index is 0.531. The summed E-state index contributed by atoms with van der Waals surface area (Å²) in [5, 5.41) is 3.67. The predicted octanol–water partition coefficient (Wildman–Crippen LogP) is 6.54. The van der Waals surface area contributed by atoms with Crippen LogP contribution in [0.2, 0.25) is 15.1 Å². The molecule has 0 radical (unpaired) electrons. The number of hydrogen-bond donors (Lipinski definition) is 0. The quantitative estimate of drug-likeness (QED) is 0.489. The first-order valence-electron chi connectivity index (χ1n) is 5.97. The zero-order chi connectivity index (χ0) is 14.4. The van der Waals surface area contributed by atoms with Crippen molar-refractivity contribution in [3.63, 3.8) is 0 Å². The molecule has 1 aromatic carbocycles. The molecule has 2 aromatic heterocycles. The van der Waals surface area contributed by atoms with Crippen molar-refractivity contribution in [2.75, 3.05) is 0 Å². The van der Waals surface area contributed by atoms with Gasteiger partial charge in [-0.05, 0) is 37.6 Å². The molecule has 0 spiro atoms. The molecular formula is C15H10Cl3NS. The number of fused-ring (bicyclic) bond motifs is 1. The maximum Gasteiger partial charge on any atom is 0.0895 e. The van der Waals surface area contributed by atoms with Crippen LogP contribution in [0.4, 0.5) is 0 Å². The van der Waals surface area contributed by atoms with Crippen LogP contribution in [0, 0.1) is 13.8 Å². The fourth-order valence-electron chi connectivity index (χ4n) is 2.31. The van der Waals surface area contributed by atoms with Crippen molar-refractivity contribution < 1.29 is 0 Å². The van der Waals surface area contributed by atoms with Crippen molar-refractivity contribution in [3.8, 4) is 11.1 Å². The van der Waals surface area contributed by atoms with Crippen molar-refractivity contribution in [3.05, 3.63) is 49.9 Å². The molecule has 3 rings (SSSR count). The van der Waals surface area contributed by atoms with Gasteiger partial charge in [-0.1, -0.05) is 34.8 Å². The second-order valence-electron chi connectivity index (χ2n) is 4.65. The van der Waals surface area contributed by atoms with Gasteiger partial charge in [0, 0.05) is 27.2 Å². The van der Waals surface area contributed by atoms with Crippen molar-refractivity contribution in [1.82, 2.24) is 4.98 Å². The number of nitrogens with zero attached hydrogens (tertiary/aromatic N) is 1.